The number of aryl methyl sites for hydroxylation is 2. The van der Waals surface area contributed by atoms with Crippen LogP contribution in [0.1, 0.15) is 25.5 Å². The van der Waals surface area contributed by atoms with Crippen LogP contribution in [0.3, 0.4) is 0 Å². The molecule has 14 heavy (non-hydrogen) atoms. The van der Waals surface area contributed by atoms with Gasteiger partial charge in [-0.1, -0.05) is 31.5 Å². The first-order valence-electron chi connectivity index (χ1n) is 5.38. The molecule has 0 bridgehead atoms. The Morgan fingerprint density at radius 1 is 1.21 bits per heavy atom. The Balaban J connectivity index is 2.45. The molecule has 0 saturated heterocycles. The number of aromatic nitrogens is 1. The Bertz CT molecular complexity index is 426. The van der Waals surface area contributed by atoms with E-state index in [2.05, 4.69) is 48.7 Å². The predicted octanol–water partition coefficient (Wildman–Crippen LogP) is 3.75. The van der Waals surface area contributed by atoms with E-state index in [1.54, 1.807) is 0 Å². The summed E-state index contributed by atoms with van der Waals surface area (Å²) in [5.41, 5.74) is 2.75. The van der Waals surface area contributed by atoms with Gasteiger partial charge < -0.3 is 4.57 Å². The molecule has 0 atom stereocenters. The van der Waals surface area contributed by atoms with Crippen molar-refractivity contribution in [3.63, 3.8) is 0 Å². The summed E-state index contributed by atoms with van der Waals surface area (Å²) in [7, 11) is 0. The standard InChI is InChI=1S/C13H17N/c1-3-4-9-14-11(2)10-12-7-5-6-8-13(12)14/h5-8,10H,3-4,9H2,1-2H3. The topological polar surface area (TPSA) is 4.93 Å². The molecule has 0 aliphatic rings. The SMILES string of the molecule is CCCCn1c(C)cc2ccccc21. The second-order valence-corrected chi connectivity index (χ2v) is 3.85. The van der Waals surface area contributed by atoms with Gasteiger partial charge >= 0.3 is 0 Å². The molecule has 0 amide bonds. The smallest absolute Gasteiger partial charge is 0.0482 e. The summed E-state index contributed by atoms with van der Waals surface area (Å²) in [6.45, 7) is 5.58. The van der Waals surface area contributed by atoms with Crippen molar-refractivity contribution in [1.82, 2.24) is 4.57 Å². The number of rotatable bonds is 3. The molecule has 2 rings (SSSR count). The number of para-hydroxylation sites is 1. The summed E-state index contributed by atoms with van der Waals surface area (Å²) in [5, 5.41) is 1.36. The van der Waals surface area contributed by atoms with Crippen LogP contribution in [0, 0.1) is 6.92 Å². The van der Waals surface area contributed by atoms with Crippen LogP contribution in [0.2, 0.25) is 0 Å². The number of nitrogens with zero attached hydrogens (tertiary/aromatic N) is 1. The monoisotopic (exact) mass is 187 g/mol. The number of fused-ring (bicyclic) bond motifs is 1. The largest absolute Gasteiger partial charge is 0.345 e. The van der Waals surface area contributed by atoms with Crippen molar-refractivity contribution >= 4 is 10.9 Å². The average Bonchev–Trinajstić information content (AvgIpc) is 2.51. The maximum atomic E-state index is 2.42. The molecule has 2 aromatic rings. The molecule has 0 unspecified atom stereocenters. The van der Waals surface area contributed by atoms with Gasteiger partial charge in [-0.15, -0.1) is 0 Å². The summed E-state index contributed by atoms with van der Waals surface area (Å²) < 4.78 is 2.42. The van der Waals surface area contributed by atoms with Crippen molar-refractivity contribution in [2.75, 3.05) is 0 Å². The van der Waals surface area contributed by atoms with Crippen LogP contribution in [0.4, 0.5) is 0 Å². The predicted molar refractivity (Wildman–Crippen MR) is 61.6 cm³/mol. The van der Waals surface area contributed by atoms with Gasteiger partial charge in [-0.3, -0.25) is 0 Å². The zero-order chi connectivity index (χ0) is 9.97. The Kier molecular flexibility index (Phi) is 2.58. The lowest BCUT2D eigenvalue weighted by atomic mass is 10.2. The molecule has 0 aliphatic carbocycles. The quantitative estimate of drug-likeness (QED) is 0.689. The normalized spacial score (nSPS) is 11.0. The minimum absolute atomic E-state index is 1.15. The highest BCUT2D eigenvalue weighted by atomic mass is 15.0. The van der Waals surface area contributed by atoms with Gasteiger partial charge in [0.05, 0.1) is 0 Å². The molecule has 0 radical (unpaired) electrons. The van der Waals surface area contributed by atoms with E-state index in [1.807, 2.05) is 0 Å². The fourth-order valence-corrected chi connectivity index (χ4v) is 1.96. The highest BCUT2D eigenvalue weighted by Crippen LogP contribution is 2.19. The third kappa shape index (κ3) is 1.54. The number of hydrogen-bond donors (Lipinski definition) is 0. The van der Waals surface area contributed by atoms with Gasteiger partial charge in [0.1, 0.15) is 0 Å². The Morgan fingerprint density at radius 2 is 2.00 bits per heavy atom. The second-order valence-electron chi connectivity index (χ2n) is 3.85. The minimum atomic E-state index is 1.15. The molecular formula is C13H17N. The first kappa shape index (κ1) is 9.32. The van der Waals surface area contributed by atoms with Crippen molar-refractivity contribution < 1.29 is 0 Å². The maximum Gasteiger partial charge on any atom is 0.0482 e. The van der Waals surface area contributed by atoms with E-state index in [4.69, 9.17) is 0 Å². The molecule has 0 spiro atoms. The summed E-state index contributed by atoms with van der Waals surface area (Å²) in [4.78, 5) is 0. The molecular weight excluding hydrogens is 170 g/mol. The fraction of sp³-hybridized carbons (Fsp3) is 0.385. The van der Waals surface area contributed by atoms with Crippen LogP contribution in [0.25, 0.3) is 10.9 Å². The lowest BCUT2D eigenvalue weighted by Gasteiger charge is -2.06. The zero-order valence-electron chi connectivity index (χ0n) is 8.96. The number of benzene rings is 1. The lowest BCUT2D eigenvalue weighted by Crippen LogP contribution is -1.98. The van der Waals surface area contributed by atoms with Crippen LogP contribution in [-0.2, 0) is 6.54 Å². The summed E-state index contributed by atoms with van der Waals surface area (Å²) >= 11 is 0. The molecule has 1 nitrogen and oxygen atoms in total. The van der Waals surface area contributed by atoms with Gasteiger partial charge in [0.2, 0.25) is 0 Å². The highest BCUT2D eigenvalue weighted by Gasteiger charge is 2.03. The second kappa shape index (κ2) is 3.87. The molecule has 0 aliphatic heterocycles. The number of hydrogen-bond acceptors (Lipinski definition) is 0. The Hall–Kier alpha value is -1.24. The van der Waals surface area contributed by atoms with Gasteiger partial charge in [-0.25, -0.2) is 0 Å². The fourth-order valence-electron chi connectivity index (χ4n) is 1.96. The van der Waals surface area contributed by atoms with Gasteiger partial charge in [0.15, 0.2) is 0 Å². The lowest BCUT2D eigenvalue weighted by molar-refractivity contribution is 0.637. The van der Waals surface area contributed by atoms with Crippen molar-refractivity contribution in [1.29, 1.82) is 0 Å². The van der Waals surface area contributed by atoms with Gasteiger partial charge in [-0.2, -0.15) is 0 Å². The number of unbranched alkanes of at least 4 members (excludes halogenated alkanes) is 1. The van der Waals surface area contributed by atoms with Crippen LogP contribution in [0.5, 0.6) is 0 Å². The van der Waals surface area contributed by atoms with E-state index in [-0.39, 0.29) is 0 Å². The highest BCUT2D eigenvalue weighted by molar-refractivity contribution is 5.81. The van der Waals surface area contributed by atoms with Crippen LogP contribution in [-0.4, -0.2) is 4.57 Å². The van der Waals surface area contributed by atoms with Gasteiger partial charge in [-0.05, 0) is 30.9 Å². The van der Waals surface area contributed by atoms with E-state index in [1.165, 1.54) is 29.4 Å². The molecule has 1 heteroatoms. The van der Waals surface area contributed by atoms with E-state index < -0.39 is 0 Å². The third-order valence-electron chi connectivity index (χ3n) is 2.75. The van der Waals surface area contributed by atoms with Crippen LogP contribution < -0.4 is 0 Å². The molecule has 1 heterocycles. The zero-order valence-corrected chi connectivity index (χ0v) is 8.96. The summed E-state index contributed by atoms with van der Waals surface area (Å²) in [5.74, 6) is 0. The first-order chi connectivity index (χ1) is 6.83. The molecule has 1 aromatic carbocycles. The molecule has 1 aromatic heterocycles. The molecule has 0 N–H and O–H groups in total. The summed E-state index contributed by atoms with van der Waals surface area (Å²) in [6.07, 6.45) is 2.52. The van der Waals surface area contributed by atoms with Crippen LogP contribution >= 0.6 is 0 Å². The molecule has 0 saturated carbocycles. The van der Waals surface area contributed by atoms with Crippen molar-refractivity contribution in [3.05, 3.63) is 36.0 Å². The van der Waals surface area contributed by atoms with E-state index in [9.17, 15) is 0 Å². The van der Waals surface area contributed by atoms with Gasteiger partial charge in [0, 0.05) is 17.8 Å². The Labute approximate surface area is 85.4 Å². The molecule has 0 fully saturated rings. The Morgan fingerprint density at radius 3 is 2.79 bits per heavy atom. The van der Waals surface area contributed by atoms with E-state index >= 15 is 0 Å². The van der Waals surface area contributed by atoms with Crippen molar-refractivity contribution in [2.24, 2.45) is 0 Å². The van der Waals surface area contributed by atoms with Crippen LogP contribution in [0.15, 0.2) is 30.3 Å². The first-order valence-corrected chi connectivity index (χ1v) is 5.38. The molecule has 74 valence electrons. The van der Waals surface area contributed by atoms with Crippen molar-refractivity contribution in [2.45, 2.75) is 33.2 Å². The third-order valence-corrected chi connectivity index (χ3v) is 2.75. The maximum absolute atomic E-state index is 2.42. The van der Waals surface area contributed by atoms with Crippen molar-refractivity contribution in [3.8, 4) is 0 Å². The minimum Gasteiger partial charge on any atom is -0.345 e. The van der Waals surface area contributed by atoms with E-state index in [0.717, 1.165) is 6.54 Å². The van der Waals surface area contributed by atoms with Gasteiger partial charge in [0.25, 0.3) is 0 Å². The van der Waals surface area contributed by atoms with E-state index in [0.29, 0.717) is 0 Å². The summed E-state index contributed by atoms with van der Waals surface area (Å²) in [6, 6.07) is 10.9. The average molecular weight is 187 g/mol.